The quantitative estimate of drug-likeness (QED) is 0.802. The molecule has 1 saturated carbocycles. The van der Waals surface area contributed by atoms with Gasteiger partial charge in [-0.25, -0.2) is 4.98 Å². The monoisotopic (exact) mass is 252 g/mol. The van der Waals surface area contributed by atoms with Crippen molar-refractivity contribution in [2.45, 2.75) is 25.3 Å². The van der Waals surface area contributed by atoms with E-state index in [1.807, 2.05) is 0 Å². The topological polar surface area (TPSA) is 70.5 Å². The van der Waals surface area contributed by atoms with Crippen LogP contribution in [-0.4, -0.2) is 39.5 Å². The van der Waals surface area contributed by atoms with Crippen LogP contribution in [0.5, 0.6) is 0 Å². The van der Waals surface area contributed by atoms with E-state index < -0.39 is 11.9 Å². The van der Waals surface area contributed by atoms with E-state index >= 15 is 0 Å². The fourth-order valence-electron chi connectivity index (χ4n) is 1.75. The number of amides is 1. The van der Waals surface area contributed by atoms with Crippen LogP contribution in [0.4, 0.5) is 4.39 Å². The van der Waals surface area contributed by atoms with Crippen LogP contribution in [0.15, 0.2) is 18.3 Å². The van der Waals surface area contributed by atoms with Crippen LogP contribution in [0.2, 0.25) is 0 Å². The maximum Gasteiger partial charge on any atom is 0.305 e. The first kappa shape index (κ1) is 12.5. The Morgan fingerprint density at radius 3 is 2.78 bits per heavy atom. The number of halogens is 1. The zero-order valence-corrected chi connectivity index (χ0v) is 9.67. The lowest BCUT2D eigenvalue weighted by Crippen LogP contribution is -2.35. The third-order valence-corrected chi connectivity index (χ3v) is 2.79. The normalized spacial score (nSPS) is 14.3. The molecule has 1 aromatic rings. The molecule has 0 aromatic carbocycles. The maximum atomic E-state index is 12.9. The van der Waals surface area contributed by atoms with E-state index in [0.29, 0.717) is 0 Å². The molecule has 1 fully saturated rings. The lowest BCUT2D eigenvalue weighted by molar-refractivity contribution is -0.137. The fourth-order valence-corrected chi connectivity index (χ4v) is 1.75. The summed E-state index contributed by atoms with van der Waals surface area (Å²) in [6.07, 6.45) is 2.87. The number of aliphatic carboxylic acids is 1. The predicted octanol–water partition coefficient (Wildman–Crippen LogP) is 1.30. The van der Waals surface area contributed by atoms with Crippen LogP contribution < -0.4 is 0 Å². The van der Waals surface area contributed by atoms with E-state index in [2.05, 4.69) is 4.98 Å². The summed E-state index contributed by atoms with van der Waals surface area (Å²) in [6.45, 7) is 0.156. The second-order valence-electron chi connectivity index (χ2n) is 4.24. The van der Waals surface area contributed by atoms with Crippen molar-refractivity contribution in [3.63, 3.8) is 0 Å². The molecular weight excluding hydrogens is 239 g/mol. The van der Waals surface area contributed by atoms with Gasteiger partial charge in [-0.3, -0.25) is 9.59 Å². The molecule has 0 spiro atoms. The van der Waals surface area contributed by atoms with E-state index in [4.69, 9.17) is 5.11 Å². The van der Waals surface area contributed by atoms with Gasteiger partial charge in [-0.1, -0.05) is 0 Å². The third-order valence-electron chi connectivity index (χ3n) is 2.79. The molecule has 18 heavy (non-hydrogen) atoms. The standard InChI is InChI=1S/C12H13FN2O3/c13-10-7-8(3-5-14-10)12(18)15(9-1-2-9)6-4-11(16)17/h3,5,7,9H,1-2,4,6H2,(H,16,17). The average Bonchev–Trinajstić information content (AvgIpc) is 3.13. The molecule has 1 N–H and O–H groups in total. The minimum absolute atomic E-state index is 0.0908. The summed E-state index contributed by atoms with van der Waals surface area (Å²) in [5, 5.41) is 8.65. The summed E-state index contributed by atoms with van der Waals surface area (Å²) in [5.41, 5.74) is 0.208. The van der Waals surface area contributed by atoms with Crippen molar-refractivity contribution in [3.8, 4) is 0 Å². The summed E-state index contributed by atoms with van der Waals surface area (Å²) >= 11 is 0. The SMILES string of the molecule is O=C(O)CCN(C(=O)c1ccnc(F)c1)C1CC1. The summed E-state index contributed by atoms with van der Waals surface area (Å²) in [6, 6.07) is 2.59. The Labute approximate surface area is 103 Å². The first-order chi connectivity index (χ1) is 8.58. The van der Waals surface area contributed by atoms with Crippen LogP contribution >= 0.6 is 0 Å². The third kappa shape index (κ3) is 3.03. The van der Waals surface area contributed by atoms with Crippen LogP contribution in [0, 0.1) is 5.95 Å². The van der Waals surface area contributed by atoms with Gasteiger partial charge >= 0.3 is 5.97 Å². The van der Waals surface area contributed by atoms with Gasteiger partial charge in [0.25, 0.3) is 5.91 Å². The lowest BCUT2D eigenvalue weighted by Gasteiger charge is -2.21. The van der Waals surface area contributed by atoms with Gasteiger partial charge < -0.3 is 10.0 Å². The second kappa shape index (κ2) is 5.12. The van der Waals surface area contributed by atoms with Gasteiger partial charge in [0.1, 0.15) is 0 Å². The van der Waals surface area contributed by atoms with Gasteiger partial charge in [0, 0.05) is 30.4 Å². The van der Waals surface area contributed by atoms with Crippen LogP contribution in [0.3, 0.4) is 0 Å². The predicted molar refractivity (Wildman–Crippen MR) is 60.5 cm³/mol. The molecule has 1 aromatic heterocycles. The Bertz CT molecular complexity index is 474. The highest BCUT2D eigenvalue weighted by Gasteiger charge is 2.33. The number of carbonyl (C=O) groups is 2. The van der Waals surface area contributed by atoms with E-state index in [0.717, 1.165) is 18.9 Å². The van der Waals surface area contributed by atoms with Gasteiger partial charge in [-0.2, -0.15) is 4.39 Å². The van der Waals surface area contributed by atoms with Crippen molar-refractivity contribution < 1.29 is 19.1 Å². The van der Waals surface area contributed by atoms with Crippen molar-refractivity contribution >= 4 is 11.9 Å². The number of hydrogen-bond donors (Lipinski definition) is 1. The molecule has 0 aliphatic heterocycles. The number of rotatable bonds is 5. The van der Waals surface area contributed by atoms with Gasteiger partial charge in [0.15, 0.2) is 0 Å². The highest BCUT2D eigenvalue weighted by Crippen LogP contribution is 2.28. The van der Waals surface area contributed by atoms with Crippen molar-refractivity contribution in [1.29, 1.82) is 0 Å². The minimum Gasteiger partial charge on any atom is -0.481 e. The van der Waals surface area contributed by atoms with Crippen molar-refractivity contribution in [3.05, 3.63) is 29.8 Å². The Morgan fingerprint density at radius 1 is 1.50 bits per heavy atom. The van der Waals surface area contributed by atoms with Crippen molar-refractivity contribution in [2.24, 2.45) is 0 Å². The molecule has 0 saturated heterocycles. The van der Waals surface area contributed by atoms with Crippen LogP contribution in [0.25, 0.3) is 0 Å². The first-order valence-corrected chi connectivity index (χ1v) is 5.72. The molecule has 5 nitrogen and oxygen atoms in total. The zero-order chi connectivity index (χ0) is 13.1. The van der Waals surface area contributed by atoms with Crippen LogP contribution in [0.1, 0.15) is 29.6 Å². The van der Waals surface area contributed by atoms with E-state index in [-0.39, 0.29) is 30.5 Å². The van der Waals surface area contributed by atoms with Gasteiger partial charge in [0.2, 0.25) is 5.95 Å². The highest BCUT2D eigenvalue weighted by atomic mass is 19.1. The molecule has 1 aliphatic carbocycles. The lowest BCUT2D eigenvalue weighted by atomic mass is 10.2. The number of carbonyl (C=O) groups excluding carboxylic acids is 1. The molecular formula is C12H13FN2O3. The molecule has 6 heteroatoms. The molecule has 0 unspecified atom stereocenters. The Balaban J connectivity index is 2.10. The second-order valence-corrected chi connectivity index (χ2v) is 4.24. The maximum absolute atomic E-state index is 12.9. The minimum atomic E-state index is -0.950. The average molecular weight is 252 g/mol. The number of nitrogens with zero attached hydrogens (tertiary/aromatic N) is 2. The molecule has 0 bridgehead atoms. The van der Waals surface area contributed by atoms with Gasteiger partial charge in [0.05, 0.1) is 6.42 Å². The summed E-state index contributed by atoms with van der Waals surface area (Å²) in [7, 11) is 0. The largest absolute Gasteiger partial charge is 0.481 e. The van der Waals surface area contributed by atoms with Crippen LogP contribution in [-0.2, 0) is 4.79 Å². The van der Waals surface area contributed by atoms with Crippen molar-refractivity contribution in [1.82, 2.24) is 9.88 Å². The van der Waals surface area contributed by atoms with Gasteiger partial charge in [-0.15, -0.1) is 0 Å². The Kier molecular flexibility index (Phi) is 3.55. The molecule has 1 amide bonds. The number of pyridine rings is 1. The highest BCUT2D eigenvalue weighted by molar-refractivity contribution is 5.94. The number of hydrogen-bond acceptors (Lipinski definition) is 3. The first-order valence-electron chi connectivity index (χ1n) is 5.72. The zero-order valence-electron chi connectivity index (χ0n) is 9.67. The number of carboxylic acid groups (broad SMARTS) is 1. The molecule has 0 atom stereocenters. The molecule has 2 rings (SSSR count). The molecule has 1 aliphatic rings. The summed E-state index contributed by atoms with van der Waals surface area (Å²) in [4.78, 5) is 27.6. The molecule has 0 radical (unpaired) electrons. The fraction of sp³-hybridized carbons (Fsp3) is 0.417. The molecule has 96 valence electrons. The number of aromatic nitrogens is 1. The summed E-state index contributed by atoms with van der Waals surface area (Å²) in [5.74, 6) is -2.00. The molecule has 1 heterocycles. The van der Waals surface area contributed by atoms with E-state index in [9.17, 15) is 14.0 Å². The summed E-state index contributed by atoms with van der Waals surface area (Å²) < 4.78 is 12.9. The Hall–Kier alpha value is -1.98. The smallest absolute Gasteiger partial charge is 0.305 e. The number of carboxylic acids is 1. The Morgan fingerprint density at radius 2 is 2.22 bits per heavy atom. The van der Waals surface area contributed by atoms with Gasteiger partial charge in [-0.05, 0) is 18.9 Å². The van der Waals surface area contributed by atoms with E-state index in [1.54, 1.807) is 0 Å². The van der Waals surface area contributed by atoms with Crippen molar-refractivity contribution in [2.75, 3.05) is 6.54 Å². The van der Waals surface area contributed by atoms with E-state index in [1.165, 1.54) is 17.2 Å².